The Morgan fingerprint density at radius 2 is 2.07 bits per heavy atom. The number of amides is 1. The molecule has 0 saturated carbocycles. The molecule has 1 atom stereocenters. The van der Waals surface area contributed by atoms with Crippen molar-refractivity contribution < 1.29 is 4.79 Å². The third-order valence-electron chi connectivity index (χ3n) is 5.52. The van der Waals surface area contributed by atoms with E-state index in [1.54, 1.807) is 0 Å². The molecule has 1 amide bonds. The lowest BCUT2D eigenvalue weighted by atomic mass is 9.86. The number of carbonyl (C=O) groups excluding carboxylic acids is 1. The summed E-state index contributed by atoms with van der Waals surface area (Å²) in [5, 5.41) is 5.09. The number of benzene rings is 2. The van der Waals surface area contributed by atoms with Crippen LogP contribution in [0, 0.1) is 6.92 Å². The Labute approximate surface area is 170 Å². The monoisotopic (exact) mass is 393 g/mol. The van der Waals surface area contributed by atoms with Crippen LogP contribution in [-0.4, -0.2) is 27.1 Å². The molecule has 0 saturated heterocycles. The predicted octanol–water partition coefficient (Wildman–Crippen LogP) is 4.49. The summed E-state index contributed by atoms with van der Waals surface area (Å²) in [5.41, 5.74) is 5.87. The summed E-state index contributed by atoms with van der Waals surface area (Å²) in [4.78, 5) is 15.0. The average molecular weight is 394 g/mol. The zero-order chi connectivity index (χ0) is 19.7. The molecule has 1 aromatic heterocycles. The van der Waals surface area contributed by atoms with Crippen molar-refractivity contribution in [2.24, 2.45) is 7.05 Å². The second-order valence-electron chi connectivity index (χ2n) is 7.56. The van der Waals surface area contributed by atoms with Gasteiger partial charge in [0.1, 0.15) is 0 Å². The van der Waals surface area contributed by atoms with Crippen LogP contribution in [0.1, 0.15) is 40.2 Å². The lowest BCUT2D eigenvalue weighted by Gasteiger charge is -2.34. The summed E-state index contributed by atoms with van der Waals surface area (Å²) in [7, 11) is 1.93. The predicted molar refractivity (Wildman–Crippen MR) is 111 cm³/mol. The molecular formula is C23H24ClN3O. The smallest absolute Gasteiger partial charge is 0.223 e. The van der Waals surface area contributed by atoms with E-state index in [0.717, 1.165) is 28.1 Å². The van der Waals surface area contributed by atoms with Gasteiger partial charge in [0.15, 0.2) is 0 Å². The van der Waals surface area contributed by atoms with E-state index in [4.69, 9.17) is 11.6 Å². The lowest BCUT2D eigenvalue weighted by Crippen LogP contribution is -2.38. The zero-order valence-electron chi connectivity index (χ0n) is 16.2. The molecule has 144 valence electrons. The normalized spacial score (nSPS) is 16.1. The summed E-state index contributed by atoms with van der Waals surface area (Å²) < 4.78 is 1.82. The molecule has 0 radical (unpaired) electrons. The molecule has 2 aromatic carbocycles. The SMILES string of the molecule is Cc1cc(CCC(=O)N2Cc3ccccc3C(c3cnn(C)c3)C2)ccc1Cl. The van der Waals surface area contributed by atoms with E-state index in [2.05, 4.69) is 29.4 Å². The first kappa shape index (κ1) is 18.8. The van der Waals surface area contributed by atoms with Crippen LogP contribution in [0.2, 0.25) is 5.02 Å². The Kier molecular flexibility index (Phi) is 5.23. The minimum Gasteiger partial charge on any atom is -0.337 e. The first-order chi connectivity index (χ1) is 13.5. The van der Waals surface area contributed by atoms with Crippen LogP contribution >= 0.6 is 11.6 Å². The van der Waals surface area contributed by atoms with Gasteiger partial charge in [0.25, 0.3) is 0 Å². The van der Waals surface area contributed by atoms with Crippen LogP contribution in [-0.2, 0) is 24.8 Å². The van der Waals surface area contributed by atoms with Gasteiger partial charge in [-0.25, -0.2) is 0 Å². The maximum absolute atomic E-state index is 13.0. The van der Waals surface area contributed by atoms with Crippen molar-refractivity contribution in [3.8, 4) is 0 Å². The molecule has 1 unspecified atom stereocenters. The largest absolute Gasteiger partial charge is 0.337 e. The van der Waals surface area contributed by atoms with E-state index in [1.807, 2.05) is 54.1 Å². The Hall–Kier alpha value is -2.59. The molecule has 1 aliphatic rings. The molecule has 0 bridgehead atoms. The second-order valence-corrected chi connectivity index (χ2v) is 7.96. The number of rotatable bonds is 4. The van der Waals surface area contributed by atoms with Crippen LogP contribution in [0.15, 0.2) is 54.9 Å². The summed E-state index contributed by atoms with van der Waals surface area (Å²) in [6.45, 7) is 3.36. The molecule has 28 heavy (non-hydrogen) atoms. The highest BCUT2D eigenvalue weighted by molar-refractivity contribution is 6.31. The highest BCUT2D eigenvalue weighted by Crippen LogP contribution is 2.33. The van der Waals surface area contributed by atoms with Crippen molar-refractivity contribution in [1.82, 2.24) is 14.7 Å². The van der Waals surface area contributed by atoms with Crippen molar-refractivity contribution in [3.05, 3.63) is 87.7 Å². The molecule has 1 aliphatic heterocycles. The molecule has 3 aromatic rings. The Morgan fingerprint density at radius 1 is 1.25 bits per heavy atom. The molecule has 0 spiro atoms. The quantitative estimate of drug-likeness (QED) is 0.655. The van der Waals surface area contributed by atoms with Gasteiger partial charge in [0.2, 0.25) is 5.91 Å². The zero-order valence-corrected chi connectivity index (χ0v) is 17.0. The number of aryl methyl sites for hydroxylation is 3. The van der Waals surface area contributed by atoms with Gasteiger partial charge in [-0.05, 0) is 47.2 Å². The molecule has 0 fully saturated rings. The van der Waals surface area contributed by atoms with Crippen molar-refractivity contribution in [2.75, 3.05) is 6.54 Å². The number of fused-ring (bicyclic) bond motifs is 1. The Balaban J connectivity index is 1.51. The Morgan fingerprint density at radius 3 is 2.82 bits per heavy atom. The summed E-state index contributed by atoms with van der Waals surface area (Å²) in [5.74, 6) is 0.358. The molecule has 5 heteroatoms. The van der Waals surface area contributed by atoms with Crippen LogP contribution in [0.5, 0.6) is 0 Å². The van der Waals surface area contributed by atoms with Gasteiger partial charge in [-0.2, -0.15) is 5.10 Å². The molecule has 0 N–H and O–H groups in total. The van der Waals surface area contributed by atoms with E-state index >= 15 is 0 Å². The van der Waals surface area contributed by atoms with Crippen molar-refractivity contribution in [1.29, 1.82) is 0 Å². The van der Waals surface area contributed by atoms with Crippen LogP contribution in [0.3, 0.4) is 0 Å². The van der Waals surface area contributed by atoms with Crippen molar-refractivity contribution >= 4 is 17.5 Å². The number of aromatic nitrogens is 2. The van der Waals surface area contributed by atoms with Crippen molar-refractivity contribution in [2.45, 2.75) is 32.2 Å². The number of nitrogens with zero attached hydrogens (tertiary/aromatic N) is 3. The number of hydrogen-bond acceptors (Lipinski definition) is 2. The van der Waals surface area contributed by atoms with Gasteiger partial charge in [-0.3, -0.25) is 9.48 Å². The van der Waals surface area contributed by atoms with E-state index in [0.29, 0.717) is 19.5 Å². The summed E-state index contributed by atoms with van der Waals surface area (Å²) in [6.07, 6.45) is 5.19. The van der Waals surface area contributed by atoms with Crippen LogP contribution in [0.4, 0.5) is 0 Å². The summed E-state index contributed by atoms with van der Waals surface area (Å²) in [6, 6.07) is 14.4. The molecule has 0 aliphatic carbocycles. The van der Waals surface area contributed by atoms with E-state index in [1.165, 1.54) is 11.1 Å². The lowest BCUT2D eigenvalue weighted by molar-refractivity contribution is -0.132. The highest BCUT2D eigenvalue weighted by atomic mass is 35.5. The minimum atomic E-state index is 0.167. The Bertz CT molecular complexity index is 1010. The van der Waals surface area contributed by atoms with Crippen molar-refractivity contribution in [3.63, 3.8) is 0 Å². The fourth-order valence-corrected chi connectivity index (χ4v) is 4.09. The fraction of sp³-hybridized carbons (Fsp3) is 0.304. The van der Waals surface area contributed by atoms with Gasteiger partial charge in [-0.15, -0.1) is 0 Å². The van der Waals surface area contributed by atoms with E-state index in [-0.39, 0.29) is 11.8 Å². The van der Waals surface area contributed by atoms with E-state index < -0.39 is 0 Å². The average Bonchev–Trinajstić information content (AvgIpc) is 3.14. The minimum absolute atomic E-state index is 0.167. The van der Waals surface area contributed by atoms with E-state index in [9.17, 15) is 4.79 Å². The molecule has 4 nitrogen and oxygen atoms in total. The fourth-order valence-electron chi connectivity index (χ4n) is 3.97. The van der Waals surface area contributed by atoms with Gasteiger partial charge in [-0.1, -0.05) is 48.0 Å². The first-order valence-corrected chi connectivity index (χ1v) is 9.98. The standard InChI is InChI=1S/C23H24ClN3O/c1-16-11-17(7-9-22(16)24)8-10-23(28)27-14-18-5-3-4-6-20(18)21(15-27)19-12-25-26(2)13-19/h3-7,9,11-13,21H,8,10,14-15H2,1-2H3. The maximum atomic E-state index is 13.0. The molecular weight excluding hydrogens is 370 g/mol. The topological polar surface area (TPSA) is 38.1 Å². The maximum Gasteiger partial charge on any atom is 0.223 e. The third-order valence-corrected chi connectivity index (χ3v) is 5.95. The van der Waals surface area contributed by atoms with Gasteiger partial charge >= 0.3 is 0 Å². The first-order valence-electron chi connectivity index (χ1n) is 9.60. The van der Waals surface area contributed by atoms with Crippen LogP contribution < -0.4 is 0 Å². The number of hydrogen-bond donors (Lipinski definition) is 0. The number of halogens is 1. The second kappa shape index (κ2) is 7.80. The molecule has 2 heterocycles. The third kappa shape index (κ3) is 3.83. The van der Waals surface area contributed by atoms with Gasteiger partial charge in [0.05, 0.1) is 6.20 Å². The summed E-state index contributed by atoms with van der Waals surface area (Å²) >= 11 is 6.11. The highest BCUT2D eigenvalue weighted by Gasteiger charge is 2.29. The molecule has 4 rings (SSSR count). The van der Waals surface area contributed by atoms with Gasteiger partial charge < -0.3 is 4.90 Å². The van der Waals surface area contributed by atoms with Gasteiger partial charge in [0, 0.05) is 43.7 Å². The van der Waals surface area contributed by atoms with Crippen LogP contribution in [0.25, 0.3) is 0 Å². The number of carbonyl (C=O) groups is 1.